The van der Waals surface area contributed by atoms with Gasteiger partial charge < -0.3 is 15.1 Å². The zero-order valence-corrected chi connectivity index (χ0v) is 13.7. The van der Waals surface area contributed by atoms with Gasteiger partial charge >= 0.3 is 0 Å². The van der Waals surface area contributed by atoms with Crippen LogP contribution in [-0.4, -0.2) is 16.7 Å². The highest BCUT2D eigenvalue weighted by atomic mass is 32.1. The molecule has 0 unspecified atom stereocenters. The second kappa shape index (κ2) is 7.10. The number of benzene rings is 1. The highest BCUT2D eigenvalue weighted by Crippen LogP contribution is 2.21. The van der Waals surface area contributed by atoms with Gasteiger partial charge in [-0.1, -0.05) is 0 Å². The molecule has 1 amide bonds. The van der Waals surface area contributed by atoms with Crippen LogP contribution in [0.25, 0.3) is 0 Å². The van der Waals surface area contributed by atoms with Crippen LogP contribution in [0.2, 0.25) is 0 Å². The summed E-state index contributed by atoms with van der Waals surface area (Å²) in [5, 5.41) is 8.50. The van der Waals surface area contributed by atoms with E-state index in [9.17, 15) is 9.59 Å². The first-order chi connectivity index (χ1) is 11.6. The second-order valence-corrected chi connectivity index (χ2v) is 5.92. The number of hydrogen-bond acceptors (Lipinski definition) is 6. The third kappa shape index (κ3) is 3.88. The summed E-state index contributed by atoms with van der Waals surface area (Å²) in [6, 6.07) is 10.5. The van der Waals surface area contributed by atoms with Crippen LogP contribution in [0.15, 0.2) is 52.5 Å². The number of ketones is 1. The molecule has 7 heteroatoms. The predicted octanol–water partition coefficient (Wildman–Crippen LogP) is 3.61. The molecule has 122 valence electrons. The van der Waals surface area contributed by atoms with Gasteiger partial charge in [-0.25, -0.2) is 4.98 Å². The van der Waals surface area contributed by atoms with E-state index in [-0.39, 0.29) is 17.5 Å². The molecule has 3 aromatic rings. The summed E-state index contributed by atoms with van der Waals surface area (Å²) in [5.41, 5.74) is 2.27. The number of nitrogens with one attached hydrogen (secondary N) is 2. The fraction of sp³-hybridized carbons (Fsp3) is 0.118. The minimum Gasteiger partial charge on any atom is -0.459 e. The molecule has 2 heterocycles. The third-order valence-corrected chi connectivity index (χ3v) is 4.08. The van der Waals surface area contributed by atoms with E-state index in [1.807, 2.05) is 17.5 Å². The van der Waals surface area contributed by atoms with E-state index in [1.165, 1.54) is 24.5 Å². The maximum absolute atomic E-state index is 11.8. The van der Waals surface area contributed by atoms with Gasteiger partial charge in [0.05, 0.1) is 18.5 Å². The molecule has 2 aromatic heterocycles. The maximum Gasteiger partial charge on any atom is 0.287 e. The Morgan fingerprint density at radius 2 is 2.00 bits per heavy atom. The smallest absolute Gasteiger partial charge is 0.287 e. The number of aromatic nitrogens is 1. The molecule has 0 radical (unpaired) electrons. The van der Waals surface area contributed by atoms with Crippen LogP contribution in [0, 0.1) is 0 Å². The van der Waals surface area contributed by atoms with E-state index in [0.29, 0.717) is 17.2 Å². The fourth-order valence-electron chi connectivity index (χ4n) is 2.02. The van der Waals surface area contributed by atoms with Crippen molar-refractivity contribution in [3.63, 3.8) is 0 Å². The standard InChI is InChI=1S/C17H15N3O3S/c1-11(21)12-4-6-13(7-5-12)19-17-20-14(10-24-17)9-18-16(22)15-3-2-8-23-15/h2-8,10H,9H2,1H3,(H,18,22)(H,19,20). The zero-order valence-electron chi connectivity index (χ0n) is 12.9. The van der Waals surface area contributed by atoms with Crippen molar-refractivity contribution in [1.82, 2.24) is 10.3 Å². The minimum absolute atomic E-state index is 0.0328. The molecule has 0 spiro atoms. The zero-order chi connectivity index (χ0) is 16.9. The van der Waals surface area contributed by atoms with E-state index in [2.05, 4.69) is 15.6 Å². The Labute approximate surface area is 142 Å². The Morgan fingerprint density at radius 3 is 2.67 bits per heavy atom. The number of thiazole rings is 1. The van der Waals surface area contributed by atoms with Gasteiger partial charge in [0.25, 0.3) is 5.91 Å². The Hall–Kier alpha value is -2.93. The molecule has 0 fully saturated rings. The Bertz CT molecular complexity index is 838. The van der Waals surface area contributed by atoms with Crippen LogP contribution >= 0.6 is 11.3 Å². The van der Waals surface area contributed by atoms with Crippen LogP contribution < -0.4 is 10.6 Å². The first-order valence-electron chi connectivity index (χ1n) is 7.26. The summed E-state index contributed by atoms with van der Waals surface area (Å²) in [5.74, 6) is 0.0295. The lowest BCUT2D eigenvalue weighted by Gasteiger charge is -2.03. The summed E-state index contributed by atoms with van der Waals surface area (Å²) < 4.78 is 5.03. The number of nitrogens with zero attached hydrogens (tertiary/aromatic N) is 1. The molecule has 0 saturated carbocycles. The summed E-state index contributed by atoms with van der Waals surface area (Å²) in [4.78, 5) is 27.5. The molecule has 3 rings (SSSR count). The van der Waals surface area contributed by atoms with Gasteiger partial charge in [0.2, 0.25) is 0 Å². The SMILES string of the molecule is CC(=O)c1ccc(Nc2nc(CNC(=O)c3ccco3)cs2)cc1. The van der Waals surface area contributed by atoms with Crippen LogP contribution in [0.3, 0.4) is 0 Å². The van der Waals surface area contributed by atoms with E-state index < -0.39 is 0 Å². The fourth-order valence-corrected chi connectivity index (χ4v) is 2.75. The lowest BCUT2D eigenvalue weighted by atomic mass is 10.1. The predicted molar refractivity (Wildman–Crippen MR) is 91.7 cm³/mol. The van der Waals surface area contributed by atoms with Crippen LogP contribution in [-0.2, 0) is 6.54 Å². The molecule has 1 aromatic carbocycles. The van der Waals surface area contributed by atoms with Gasteiger partial charge in [0.1, 0.15) is 0 Å². The molecular formula is C17H15N3O3S. The summed E-state index contributed by atoms with van der Waals surface area (Å²) in [6.45, 7) is 1.85. The summed E-state index contributed by atoms with van der Waals surface area (Å²) >= 11 is 1.44. The molecule has 2 N–H and O–H groups in total. The highest BCUT2D eigenvalue weighted by molar-refractivity contribution is 7.13. The van der Waals surface area contributed by atoms with Crippen molar-refractivity contribution in [3.05, 3.63) is 65.1 Å². The number of carbonyl (C=O) groups is 2. The Kier molecular flexibility index (Phi) is 4.72. The van der Waals surface area contributed by atoms with Crippen molar-refractivity contribution in [2.75, 3.05) is 5.32 Å². The summed E-state index contributed by atoms with van der Waals surface area (Å²) in [7, 11) is 0. The Balaban J connectivity index is 1.57. The molecule has 24 heavy (non-hydrogen) atoms. The monoisotopic (exact) mass is 341 g/mol. The molecule has 0 saturated heterocycles. The first kappa shape index (κ1) is 15.9. The molecule has 0 bridgehead atoms. The van der Waals surface area contributed by atoms with E-state index >= 15 is 0 Å². The van der Waals surface area contributed by atoms with Crippen molar-refractivity contribution in [2.45, 2.75) is 13.5 Å². The number of amides is 1. The van der Waals surface area contributed by atoms with E-state index in [4.69, 9.17) is 4.42 Å². The molecule has 0 aliphatic heterocycles. The third-order valence-electron chi connectivity index (χ3n) is 3.27. The number of anilines is 2. The average molecular weight is 341 g/mol. The van der Waals surface area contributed by atoms with Gasteiger partial charge in [-0.15, -0.1) is 11.3 Å². The normalized spacial score (nSPS) is 10.4. The highest BCUT2D eigenvalue weighted by Gasteiger charge is 2.09. The largest absolute Gasteiger partial charge is 0.459 e. The van der Waals surface area contributed by atoms with Crippen molar-refractivity contribution >= 4 is 33.8 Å². The quantitative estimate of drug-likeness (QED) is 0.669. The summed E-state index contributed by atoms with van der Waals surface area (Å²) in [6.07, 6.45) is 1.46. The van der Waals surface area contributed by atoms with Crippen LogP contribution in [0.4, 0.5) is 10.8 Å². The minimum atomic E-state index is -0.276. The van der Waals surface area contributed by atoms with Gasteiger partial charge in [-0.05, 0) is 43.3 Å². The molecular weight excluding hydrogens is 326 g/mol. The van der Waals surface area contributed by atoms with Crippen molar-refractivity contribution in [1.29, 1.82) is 0 Å². The molecule has 6 nitrogen and oxygen atoms in total. The maximum atomic E-state index is 11.8. The van der Waals surface area contributed by atoms with Crippen LogP contribution in [0.1, 0.15) is 33.5 Å². The lowest BCUT2D eigenvalue weighted by Crippen LogP contribution is -2.22. The number of furan rings is 1. The van der Waals surface area contributed by atoms with Crippen molar-refractivity contribution in [2.24, 2.45) is 0 Å². The van der Waals surface area contributed by atoms with E-state index in [0.717, 1.165) is 11.4 Å². The molecule has 0 aliphatic carbocycles. The number of hydrogen-bond donors (Lipinski definition) is 2. The topological polar surface area (TPSA) is 84.2 Å². The van der Waals surface area contributed by atoms with Gasteiger partial charge in [0.15, 0.2) is 16.7 Å². The van der Waals surface area contributed by atoms with Crippen molar-refractivity contribution < 1.29 is 14.0 Å². The molecule has 0 atom stereocenters. The van der Waals surface area contributed by atoms with Gasteiger partial charge in [-0.3, -0.25) is 9.59 Å². The van der Waals surface area contributed by atoms with Crippen molar-refractivity contribution in [3.8, 4) is 0 Å². The molecule has 0 aliphatic rings. The number of carbonyl (C=O) groups excluding carboxylic acids is 2. The number of Topliss-reactive ketones (excluding diaryl/α,β-unsaturated/α-hetero) is 1. The van der Waals surface area contributed by atoms with Gasteiger partial charge in [0, 0.05) is 16.6 Å². The van der Waals surface area contributed by atoms with E-state index in [1.54, 1.807) is 24.3 Å². The second-order valence-electron chi connectivity index (χ2n) is 5.06. The van der Waals surface area contributed by atoms with Gasteiger partial charge in [-0.2, -0.15) is 0 Å². The number of rotatable bonds is 6. The average Bonchev–Trinajstić information content (AvgIpc) is 3.25. The van der Waals surface area contributed by atoms with Crippen LogP contribution in [0.5, 0.6) is 0 Å². The lowest BCUT2D eigenvalue weighted by molar-refractivity contribution is 0.0922. The first-order valence-corrected chi connectivity index (χ1v) is 8.14. The Morgan fingerprint density at radius 1 is 1.21 bits per heavy atom.